The van der Waals surface area contributed by atoms with Crippen molar-refractivity contribution in [2.45, 2.75) is 70.2 Å². The van der Waals surface area contributed by atoms with Gasteiger partial charge in [0.25, 0.3) is 0 Å². The van der Waals surface area contributed by atoms with Crippen LogP contribution in [0.2, 0.25) is 31.4 Å². The second-order valence-electron chi connectivity index (χ2n) is 6.52. The van der Waals surface area contributed by atoms with Gasteiger partial charge in [0.2, 0.25) is 0 Å². The quantitative estimate of drug-likeness (QED) is 0.346. The molecule has 0 aromatic heterocycles. The standard InChI is InChI=1S/C12H30O4Si2/c1-12(2,14)16-18(5,11-17(3,4)15)10-8-6-7-9-13/h13-15H,6-11H2,1-5H3. The molecule has 0 aliphatic carbocycles. The average Bonchev–Trinajstić information content (AvgIpc) is 2.05. The van der Waals surface area contributed by atoms with Crippen molar-refractivity contribution in [3.8, 4) is 0 Å². The number of rotatable bonds is 9. The largest absolute Gasteiger partial charge is 0.432 e. The van der Waals surface area contributed by atoms with Gasteiger partial charge in [-0.3, -0.25) is 0 Å². The molecule has 4 nitrogen and oxygen atoms in total. The van der Waals surface area contributed by atoms with Crippen LogP contribution in [0.25, 0.3) is 0 Å². The lowest BCUT2D eigenvalue weighted by molar-refractivity contribution is -0.112. The molecule has 6 heteroatoms. The summed E-state index contributed by atoms with van der Waals surface area (Å²) in [5.41, 5.74) is 0.739. The summed E-state index contributed by atoms with van der Waals surface area (Å²) in [7, 11) is -4.27. The van der Waals surface area contributed by atoms with E-state index in [2.05, 4.69) is 6.55 Å². The van der Waals surface area contributed by atoms with Crippen molar-refractivity contribution in [1.82, 2.24) is 0 Å². The van der Waals surface area contributed by atoms with Crippen LogP contribution in [-0.2, 0) is 4.43 Å². The van der Waals surface area contributed by atoms with Crippen molar-refractivity contribution < 1.29 is 19.4 Å². The first-order valence-electron chi connectivity index (χ1n) is 6.73. The van der Waals surface area contributed by atoms with E-state index >= 15 is 0 Å². The van der Waals surface area contributed by atoms with Crippen molar-refractivity contribution in [2.24, 2.45) is 0 Å². The van der Waals surface area contributed by atoms with Gasteiger partial charge < -0.3 is 19.4 Å². The molecule has 0 spiro atoms. The minimum atomic E-state index is -2.18. The molecule has 0 saturated heterocycles. The van der Waals surface area contributed by atoms with E-state index < -0.39 is 22.4 Å². The molecule has 0 rings (SSSR count). The molecule has 0 aliphatic rings. The van der Waals surface area contributed by atoms with Crippen molar-refractivity contribution in [3.63, 3.8) is 0 Å². The van der Waals surface area contributed by atoms with Gasteiger partial charge >= 0.3 is 0 Å². The minimum absolute atomic E-state index is 0.227. The summed E-state index contributed by atoms with van der Waals surface area (Å²) in [6.07, 6.45) is 2.78. The smallest absolute Gasteiger partial charge is 0.193 e. The van der Waals surface area contributed by atoms with Crippen LogP contribution in [0.1, 0.15) is 33.1 Å². The molecule has 110 valence electrons. The van der Waals surface area contributed by atoms with E-state index in [1.54, 1.807) is 13.8 Å². The van der Waals surface area contributed by atoms with E-state index in [0.29, 0.717) is 0 Å². The van der Waals surface area contributed by atoms with Gasteiger partial charge in [-0.25, -0.2) is 0 Å². The molecule has 0 heterocycles. The van der Waals surface area contributed by atoms with E-state index in [0.717, 1.165) is 31.0 Å². The van der Waals surface area contributed by atoms with Gasteiger partial charge in [0.15, 0.2) is 16.6 Å². The molecular weight excluding hydrogens is 264 g/mol. The maximum absolute atomic E-state index is 10.1. The Balaban J connectivity index is 4.50. The predicted octanol–water partition coefficient (Wildman–Crippen LogP) is 2.21. The second kappa shape index (κ2) is 7.16. The second-order valence-corrected chi connectivity index (χ2v) is 15.2. The molecule has 0 radical (unpaired) electrons. The van der Waals surface area contributed by atoms with Crippen LogP contribution < -0.4 is 0 Å². The molecule has 1 atom stereocenters. The third-order valence-electron chi connectivity index (χ3n) is 2.67. The van der Waals surface area contributed by atoms with Crippen molar-refractivity contribution >= 4 is 16.6 Å². The highest BCUT2D eigenvalue weighted by Gasteiger charge is 2.39. The number of hydrogen-bond donors (Lipinski definition) is 3. The van der Waals surface area contributed by atoms with Crippen LogP contribution in [-0.4, -0.2) is 44.0 Å². The van der Waals surface area contributed by atoms with Gasteiger partial charge in [-0.2, -0.15) is 0 Å². The third kappa shape index (κ3) is 10.2. The molecule has 0 saturated carbocycles. The van der Waals surface area contributed by atoms with Crippen LogP contribution >= 0.6 is 0 Å². The lowest BCUT2D eigenvalue weighted by Gasteiger charge is -2.36. The summed E-state index contributed by atoms with van der Waals surface area (Å²) >= 11 is 0. The average molecular weight is 295 g/mol. The summed E-state index contributed by atoms with van der Waals surface area (Å²) in [5, 5.41) is 18.6. The van der Waals surface area contributed by atoms with E-state index in [-0.39, 0.29) is 6.61 Å². The van der Waals surface area contributed by atoms with E-state index in [1.165, 1.54) is 0 Å². The van der Waals surface area contributed by atoms with Crippen molar-refractivity contribution in [3.05, 3.63) is 0 Å². The maximum atomic E-state index is 10.1. The van der Waals surface area contributed by atoms with E-state index in [4.69, 9.17) is 9.53 Å². The molecule has 18 heavy (non-hydrogen) atoms. The Morgan fingerprint density at radius 2 is 1.61 bits per heavy atom. The SMILES string of the molecule is CC(C)(O)O[Si](C)(CCCCCO)C[Si](C)(C)O. The lowest BCUT2D eigenvalue weighted by Crippen LogP contribution is -2.49. The first-order valence-corrected chi connectivity index (χ1v) is 12.7. The fraction of sp³-hybridized carbons (Fsp3) is 1.00. The lowest BCUT2D eigenvalue weighted by atomic mass is 10.3. The topological polar surface area (TPSA) is 69.9 Å². The first-order chi connectivity index (χ1) is 7.97. The Morgan fingerprint density at radius 3 is 2.00 bits per heavy atom. The van der Waals surface area contributed by atoms with Crippen LogP contribution in [0.3, 0.4) is 0 Å². The zero-order valence-electron chi connectivity index (χ0n) is 12.5. The Labute approximate surface area is 113 Å². The highest BCUT2D eigenvalue weighted by molar-refractivity contribution is 6.89. The molecule has 0 aliphatic heterocycles. The van der Waals surface area contributed by atoms with Crippen molar-refractivity contribution in [1.29, 1.82) is 0 Å². The summed E-state index contributed by atoms with van der Waals surface area (Å²) in [4.78, 5) is 10.1. The Kier molecular flexibility index (Phi) is 7.27. The molecule has 0 amide bonds. The maximum Gasteiger partial charge on any atom is 0.193 e. The molecule has 0 fully saturated rings. The van der Waals surface area contributed by atoms with Gasteiger partial charge in [-0.15, -0.1) is 0 Å². The summed E-state index contributed by atoms with van der Waals surface area (Å²) in [6.45, 7) is 9.45. The van der Waals surface area contributed by atoms with Crippen LogP contribution in [0.4, 0.5) is 0 Å². The fourth-order valence-electron chi connectivity index (χ4n) is 2.48. The van der Waals surface area contributed by atoms with Crippen LogP contribution in [0, 0.1) is 0 Å². The highest BCUT2D eigenvalue weighted by Crippen LogP contribution is 2.29. The Hall–Kier alpha value is 0.274. The fourth-order valence-corrected chi connectivity index (χ4v) is 13.1. The number of unbranched alkanes of at least 4 members (excludes halogenated alkanes) is 2. The van der Waals surface area contributed by atoms with Crippen LogP contribution in [0.5, 0.6) is 0 Å². The molecule has 3 N–H and O–H groups in total. The zero-order valence-corrected chi connectivity index (χ0v) is 14.5. The summed E-state index contributed by atoms with van der Waals surface area (Å²) < 4.78 is 5.89. The van der Waals surface area contributed by atoms with E-state index in [1.807, 2.05) is 13.1 Å². The Morgan fingerprint density at radius 1 is 1.06 bits per heavy atom. The molecule has 0 bridgehead atoms. The summed E-state index contributed by atoms with van der Waals surface area (Å²) in [5.74, 6) is -1.13. The third-order valence-corrected chi connectivity index (χ3v) is 11.5. The minimum Gasteiger partial charge on any atom is -0.432 e. The Bertz CT molecular complexity index is 217. The van der Waals surface area contributed by atoms with Gasteiger partial charge in [-0.1, -0.05) is 12.8 Å². The number of aliphatic hydroxyl groups excluding tert-OH is 1. The number of aliphatic hydroxyl groups is 2. The normalized spacial score (nSPS) is 16.7. The first kappa shape index (κ1) is 18.3. The molecule has 1 unspecified atom stereocenters. The number of hydrogen-bond acceptors (Lipinski definition) is 4. The molecule has 0 aromatic carbocycles. The predicted molar refractivity (Wildman–Crippen MR) is 79.3 cm³/mol. The van der Waals surface area contributed by atoms with Gasteiger partial charge in [0.05, 0.1) is 0 Å². The monoisotopic (exact) mass is 294 g/mol. The zero-order chi connectivity index (χ0) is 14.4. The van der Waals surface area contributed by atoms with Gasteiger partial charge in [0, 0.05) is 6.61 Å². The molecule has 0 aromatic rings. The molecular formula is C12H30O4Si2. The summed E-state index contributed by atoms with van der Waals surface area (Å²) in [6, 6.07) is 0.925. The van der Waals surface area contributed by atoms with E-state index in [9.17, 15) is 9.90 Å². The van der Waals surface area contributed by atoms with Crippen molar-refractivity contribution in [2.75, 3.05) is 6.61 Å². The van der Waals surface area contributed by atoms with Gasteiger partial charge in [-0.05, 0) is 51.6 Å². The highest BCUT2D eigenvalue weighted by atomic mass is 28.4. The van der Waals surface area contributed by atoms with Crippen LogP contribution in [0.15, 0.2) is 0 Å². The van der Waals surface area contributed by atoms with Gasteiger partial charge in [0.1, 0.15) is 5.79 Å².